The largest absolute Gasteiger partial charge is 0.506 e. The van der Waals surface area contributed by atoms with Crippen LogP contribution in [-0.4, -0.2) is 44.2 Å². The number of nitrogens with one attached hydrogen (secondary N) is 2. The van der Waals surface area contributed by atoms with Crippen molar-refractivity contribution >= 4 is 15.7 Å². The molecule has 0 unspecified atom stereocenters. The van der Waals surface area contributed by atoms with Crippen LogP contribution in [0.3, 0.4) is 0 Å². The second-order valence-corrected chi connectivity index (χ2v) is 10.0. The molecule has 0 saturated carbocycles. The summed E-state index contributed by atoms with van der Waals surface area (Å²) in [6, 6.07) is 19.6. The highest BCUT2D eigenvalue weighted by atomic mass is 32.2. The molecule has 0 heterocycles. The molecule has 0 fully saturated rings. The van der Waals surface area contributed by atoms with Gasteiger partial charge in [-0.05, 0) is 47.4 Å². The van der Waals surface area contributed by atoms with Crippen LogP contribution in [0.15, 0.2) is 72.8 Å². The Balaban J connectivity index is 1.75. The minimum absolute atomic E-state index is 0.0515. The van der Waals surface area contributed by atoms with Crippen molar-refractivity contribution in [2.45, 2.75) is 24.7 Å². The number of aliphatic hydroxyl groups is 1. The van der Waals surface area contributed by atoms with Gasteiger partial charge in [0.15, 0.2) is 6.61 Å². The first kappa shape index (κ1) is 27.3. The summed E-state index contributed by atoms with van der Waals surface area (Å²) in [6.45, 7) is -1.31. The Morgan fingerprint density at radius 1 is 0.972 bits per heavy atom. The predicted molar refractivity (Wildman–Crippen MR) is 130 cm³/mol. The Morgan fingerprint density at radius 2 is 1.61 bits per heavy atom. The molecule has 0 bridgehead atoms. The van der Waals surface area contributed by atoms with E-state index in [9.17, 15) is 31.8 Å². The summed E-state index contributed by atoms with van der Waals surface area (Å²) >= 11 is 0. The van der Waals surface area contributed by atoms with Crippen LogP contribution in [0.25, 0.3) is 0 Å². The van der Waals surface area contributed by atoms with Gasteiger partial charge in [0.05, 0.1) is 18.0 Å². The van der Waals surface area contributed by atoms with Crippen molar-refractivity contribution < 1.29 is 36.5 Å². The minimum Gasteiger partial charge on any atom is -0.506 e. The minimum atomic E-state index is -4.43. The molecule has 0 aliphatic heterocycles. The summed E-state index contributed by atoms with van der Waals surface area (Å²) in [5.41, 5.74) is 2.10. The smallest absolute Gasteiger partial charge is 0.422 e. The van der Waals surface area contributed by atoms with Gasteiger partial charge in [0, 0.05) is 12.6 Å². The molecule has 11 heteroatoms. The van der Waals surface area contributed by atoms with Crippen LogP contribution >= 0.6 is 0 Å². The third-order valence-electron chi connectivity index (χ3n) is 5.23. The first-order valence-electron chi connectivity index (χ1n) is 11.0. The van der Waals surface area contributed by atoms with Gasteiger partial charge in [0.2, 0.25) is 10.0 Å². The van der Waals surface area contributed by atoms with Crippen LogP contribution in [-0.2, 0) is 16.4 Å². The number of aromatic hydroxyl groups is 1. The van der Waals surface area contributed by atoms with E-state index in [0.717, 1.165) is 17.4 Å². The fraction of sp³-hybridized carbons (Fsp3) is 0.280. The maximum absolute atomic E-state index is 12.4. The van der Waals surface area contributed by atoms with E-state index in [0.29, 0.717) is 12.0 Å². The number of halogens is 3. The molecule has 4 N–H and O–H groups in total. The first-order chi connectivity index (χ1) is 16.9. The first-order valence-corrected chi connectivity index (χ1v) is 12.8. The summed E-state index contributed by atoms with van der Waals surface area (Å²) in [6.07, 6.45) is -3.99. The zero-order chi connectivity index (χ0) is 26.3. The molecule has 2 atom stereocenters. The molecule has 7 nitrogen and oxygen atoms in total. The summed E-state index contributed by atoms with van der Waals surface area (Å²) < 4.78 is 67.3. The van der Waals surface area contributed by atoms with Gasteiger partial charge in [-0.2, -0.15) is 13.2 Å². The van der Waals surface area contributed by atoms with E-state index in [2.05, 4.69) is 10.0 Å². The van der Waals surface area contributed by atoms with Crippen LogP contribution in [0.1, 0.15) is 28.8 Å². The molecule has 0 saturated heterocycles. The topological polar surface area (TPSA) is 108 Å². The monoisotopic (exact) mass is 524 g/mol. The van der Waals surface area contributed by atoms with E-state index < -0.39 is 28.9 Å². The summed E-state index contributed by atoms with van der Waals surface area (Å²) in [5.74, 6) is -0.191. The molecule has 0 spiro atoms. The van der Waals surface area contributed by atoms with Crippen LogP contribution in [0.5, 0.6) is 11.5 Å². The van der Waals surface area contributed by atoms with Gasteiger partial charge in [-0.3, -0.25) is 4.72 Å². The Labute approximate surface area is 207 Å². The molecule has 0 amide bonds. The average molecular weight is 525 g/mol. The molecule has 3 aromatic rings. The fourth-order valence-corrected chi connectivity index (χ4v) is 4.10. The zero-order valence-corrected chi connectivity index (χ0v) is 20.2. The number of aliphatic hydroxyl groups excluding tert-OH is 1. The van der Waals surface area contributed by atoms with Crippen LogP contribution in [0.2, 0.25) is 0 Å². The number of anilines is 1. The van der Waals surface area contributed by atoms with Gasteiger partial charge in [-0.15, -0.1) is 0 Å². The van der Waals surface area contributed by atoms with Crippen molar-refractivity contribution in [3.63, 3.8) is 0 Å². The number of ether oxygens (including phenoxy) is 1. The summed E-state index contributed by atoms with van der Waals surface area (Å²) in [7, 11) is -3.63. The molecule has 0 radical (unpaired) electrons. The van der Waals surface area contributed by atoms with E-state index in [1.807, 2.05) is 30.3 Å². The summed E-state index contributed by atoms with van der Waals surface area (Å²) in [4.78, 5) is 0. The van der Waals surface area contributed by atoms with E-state index in [4.69, 9.17) is 4.74 Å². The van der Waals surface area contributed by atoms with Crippen LogP contribution < -0.4 is 14.8 Å². The molecule has 36 heavy (non-hydrogen) atoms. The highest BCUT2D eigenvalue weighted by Crippen LogP contribution is 2.29. The molecular weight excluding hydrogens is 497 g/mol. The number of benzene rings is 3. The van der Waals surface area contributed by atoms with Crippen molar-refractivity contribution in [2.75, 3.05) is 24.1 Å². The van der Waals surface area contributed by atoms with Crippen molar-refractivity contribution in [3.05, 3.63) is 89.5 Å². The number of hydrogen-bond donors (Lipinski definition) is 4. The van der Waals surface area contributed by atoms with E-state index in [1.54, 1.807) is 12.1 Å². The Morgan fingerprint density at radius 3 is 2.22 bits per heavy atom. The van der Waals surface area contributed by atoms with Gasteiger partial charge in [-0.25, -0.2) is 8.42 Å². The second-order valence-electron chi connectivity index (χ2n) is 8.29. The lowest BCUT2D eigenvalue weighted by atomic mass is 9.98. The highest BCUT2D eigenvalue weighted by Gasteiger charge is 2.28. The van der Waals surface area contributed by atoms with Crippen LogP contribution in [0.4, 0.5) is 18.9 Å². The third-order valence-corrected chi connectivity index (χ3v) is 5.82. The molecule has 0 aliphatic carbocycles. The predicted octanol–water partition coefficient (Wildman–Crippen LogP) is 4.31. The average Bonchev–Trinajstić information content (AvgIpc) is 2.81. The van der Waals surface area contributed by atoms with E-state index in [-0.39, 0.29) is 29.8 Å². The van der Waals surface area contributed by atoms with Gasteiger partial charge in [0.25, 0.3) is 0 Å². The summed E-state index contributed by atoms with van der Waals surface area (Å²) in [5, 5.41) is 23.9. The van der Waals surface area contributed by atoms with Crippen molar-refractivity contribution in [3.8, 4) is 11.5 Å². The van der Waals surface area contributed by atoms with Crippen molar-refractivity contribution in [2.24, 2.45) is 0 Å². The van der Waals surface area contributed by atoms with Gasteiger partial charge < -0.3 is 20.3 Å². The van der Waals surface area contributed by atoms with Crippen molar-refractivity contribution in [1.29, 1.82) is 0 Å². The van der Waals surface area contributed by atoms with Crippen LogP contribution in [0, 0.1) is 0 Å². The van der Waals surface area contributed by atoms with E-state index in [1.165, 1.54) is 30.3 Å². The number of hydrogen-bond acceptors (Lipinski definition) is 6. The standard InChI is InChI=1S/C25H27F3N2O5S/c1-36(33,34)30-22-14-19(9-12-23(22)31)24(32)15-29-21(13-17-5-3-2-4-6-17)18-7-10-20(11-8-18)35-16-25(26,27)28/h2-12,14,21,24,29-32H,13,15-16H2,1H3/t21-,24+/m1/s1. The highest BCUT2D eigenvalue weighted by molar-refractivity contribution is 7.92. The SMILES string of the molecule is CS(=O)(=O)Nc1cc([C@@H](O)CN[C@H](Cc2ccccc2)c2ccc(OCC(F)(F)F)cc2)ccc1O. The van der Waals surface area contributed by atoms with Gasteiger partial charge >= 0.3 is 6.18 Å². The Hall–Kier alpha value is -3.28. The molecule has 0 aliphatic rings. The molecule has 194 valence electrons. The van der Waals surface area contributed by atoms with Gasteiger partial charge in [0.1, 0.15) is 11.5 Å². The molecule has 0 aromatic heterocycles. The lowest BCUT2D eigenvalue weighted by Crippen LogP contribution is -2.28. The lowest BCUT2D eigenvalue weighted by Gasteiger charge is -2.22. The Bertz CT molecular complexity index is 1240. The lowest BCUT2D eigenvalue weighted by molar-refractivity contribution is -0.153. The quantitative estimate of drug-likeness (QED) is 0.279. The number of phenolic OH excluding ortho intramolecular Hbond substituents is 1. The maximum atomic E-state index is 12.4. The number of alkyl halides is 3. The number of phenols is 1. The molecule has 3 aromatic carbocycles. The fourth-order valence-electron chi connectivity index (χ4n) is 3.53. The third kappa shape index (κ3) is 8.74. The zero-order valence-electron chi connectivity index (χ0n) is 19.4. The van der Waals surface area contributed by atoms with E-state index >= 15 is 0 Å². The maximum Gasteiger partial charge on any atom is 0.422 e. The molecular formula is C25H27F3N2O5S. The normalized spacial score (nSPS) is 13.7. The number of rotatable bonds is 11. The second kappa shape index (κ2) is 11.6. The van der Waals surface area contributed by atoms with Gasteiger partial charge in [-0.1, -0.05) is 48.5 Å². The number of sulfonamides is 1. The molecule has 3 rings (SSSR count). The Kier molecular flexibility index (Phi) is 8.83. The van der Waals surface area contributed by atoms with Crippen molar-refractivity contribution in [1.82, 2.24) is 5.32 Å².